The van der Waals surface area contributed by atoms with Gasteiger partial charge in [-0.15, -0.1) is 0 Å². The van der Waals surface area contributed by atoms with Crippen molar-refractivity contribution in [2.45, 2.75) is 25.8 Å². The first-order chi connectivity index (χ1) is 4.20. The predicted octanol–water partition coefficient (Wildman–Crippen LogP) is 1.66. The number of likely N-dealkylation sites (N-methyl/N-ethyl adjacent to an activating group) is 1. The molecule has 9 heavy (non-hydrogen) atoms. The molecule has 1 aliphatic heterocycles. The third kappa shape index (κ3) is 1.55. The van der Waals surface area contributed by atoms with Crippen molar-refractivity contribution in [1.29, 1.82) is 0 Å². The maximum Gasteiger partial charge on any atom is 0.0189 e. The number of rotatable bonds is 0. The summed E-state index contributed by atoms with van der Waals surface area (Å²) in [5, 5.41) is 0. The second-order valence-electron chi connectivity index (χ2n) is 3.05. The highest BCUT2D eigenvalue weighted by atomic mass is 15.1. The number of hydrogen-bond donors (Lipinski definition) is 0. The molecule has 1 heterocycles. The number of likely N-dealkylation sites (tertiary alicyclic amines) is 1. The molecule has 0 spiro atoms. The molecule has 0 aliphatic carbocycles. The van der Waals surface area contributed by atoms with Crippen molar-refractivity contribution in [2.75, 3.05) is 13.6 Å². The Morgan fingerprint density at radius 3 is 2.78 bits per heavy atom. The Balaban J connectivity index is 2.44. The maximum absolute atomic E-state index is 3.96. The average molecular weight is 125 g/mol. The normalized spacial score (nSPS) is 30.9. The quantitative estimate of drug-likeness (QED) is 0.445. The molecular formula is C8H15N. The summed E-state index contributed by atoms with van der Waals surface area (Å²) in [6.45, 7) is 7.33. The molecule has 1 rings (SSSR count). The number of piperidine rings is 1. The van der Waals surface area contributed by atoms with Crippen LogP contribution in [0.5, 0.6) is 0 Å². The van der Waals surface area contributed by atoms with Crippen LogP contribution in [0.1, 0.15) is 19.8 Å². The fraction of sp³-hybridized carbons (Fsp3) is 0.750. The number of hydrogen-bond acceptors (Lipinski definition) is 1. The Labute approximate surface area is 57.4 Å². The third-order valence-electron chi connectivity index (χ3n) is 2.14. The molecule has 1 aliphatic rings. The highest BCUT2D eigenvalue weighted by Gasteiger charge is 2.15. The average Bonchev–Trinajstić information content (AvgIpc) is 1.80. The summed E-state index contributed by atoms with van der Waals surface area (Å²) < 4.78 is 0. The van der Waals surface area contributed by atoms with Crippen LogP contribution in [0.25, 0.3) is 0 Å². The Morgan fingerprint density at radius 1 is 1.67 bits per heavy atom. The van der Waals surface area contributed by atoms with Crippen LogP contribution in [0, 0.1) is 0 Å². The second kappa shape index (κ2) is 2.53. The Hall–Kier alpha value is -0.300. The molecule has 1 saturated heterocycles. The zero-order chi connectivity index (χ0) is 6.85. The SMILES string of the molecule is C=C1CCC(C)N(C)C1. The van der Waals surface area contributed by atoms with Crippen LogP contribution in [0.15, 0.2) is 12.2 Å². The first-order valence-electron chi connectivity index (χ1n) is 3.57. The molecule has 1 fully saturated rings. The molecule has 0 N–H and O–H groups in total. The van der Waals surface area contributed by atoms with Crippen molar-refractivity contribution in [1.82, 2.24) is 4.90 Å². The zero-order valence-electron chi connectivity index (χ0n) is 6.35. The molecule has 0 aromatic rings. The fourth-order valence-corrected chi connectivity index (χ4v) is 1.22. The van der Waals surface area contributed by atoms with Gasteiger partial charge in [0.15, 0.2) is 0 Å². The molecule has 1 atom stereocenters. The first-order valence-corrected chi connectivity index (χ1v) is 3.57. The lowest BCUT2D eigenvalue weighted by atomic mass is 10.0. The van der Waals surface area contributed by atoms with Gasteiger partial charge in [0, 0.05) is 12.6 Å². The van der Waals surface area contributed by atoms with E-state index in [-0.39, 0.29) is 0 Å². The van der Waals surface area contributed by atoms with Gasteiger partial charge < -0.3 is 0 Å². The van der Waals surface area contributed by atoms with Crippen molar-refractivity contribution in [2.24, 2.45) is 0 Å². The van der Waals surface area contributed by atoms with E-state index >= 15 is 0 Å². The van der Waals surface area contributed by atoms with Gasteiger partial charge in [0.05, 0.1) is 0 Å². The van der Waals surface area contributed by atoms with Gasteiger partial charge >= 0.3 is 0 Å². The van der Waals surface area contributed by atoms with E-state index in [2.05, 4.69) is 25.5 Å². The lowest BCUT2D eigenvalue weighted by Gasteiger charge is -2.30. The summed E-state index contributed by atoms with van der Waals surface area (Å²) in [5.74, 6) is 0. The lowest BCUT2D eigenvalue weighted by molar-refractivity contribution is 0.237. The lowest BCUT2D eigenvalue weighted by Crippen LogP contribution is -2.34. The highest BCUT2D eigenvalue weighted by molar-refractivity contribution is 5.01. The molecule has 0 saturated carbocycles. The maximum atomic E-state index is 3.96. The van der Waals surface area contributed by atoms with Gasteiger partial charge in [0.2, 0.25) is 0 Å². The molecule has 0 amide bonds. The van der Waals surface area contributed by atoms with Crippen LogP contribution in [0.3, 0.4) is 0 Å². The van der Waals surface area contributed by atoms with Crippen molar-refractivity contribution in [3.8, 4) is 0 Å². The standard InChI is InChI=1S/C8H15N/c1-7-4-5-8(2)9(3)6-7/h8H,1,4-6H2,2-3H3. The van der Waals surface area contributed by atoms with Gasteiger partial charge in [-0.1, -0.05) is 12.2 Å². The molecule has 0 aromatic carbocycles. The zero-order valence-corrected chi connectivity index (χ0v) is 6.35. The van der Waals surface area contributed by atoms with E-state index in [0.717, 1.165) is 12.6 Å². The highest BCUT2D eigenvalue weighted by Crippen LogP contribution is 2.17. The van der Waals surface area contributed by atoms with Gasteiger partial charge in [-0.3, -0.25) is 4.90 Å². The molecule has 1 unspecified atom stereocenters. The van der Waals surface area contributed by atoms with Crippen molar-refractivity contribution in [3.05, 3.63) is 12.2 Å². The summed E-state index contributed by atoms with van der Waals surface area (Å²) in [7, 11) is 2.16. The van der Waals surface area contributed by atoms with Crippen LogP contribution < -0.4 is 0 Å². The van der Waals surface area contributed by atoms with Gasteiger partial charge in [-0.25, -0.2) is 0 Å². The van der Waals surface area contributed by atoms with E-state index in [1.165, 1.54) is 18.4 Å². The van der Waals surface area contributed by atoms with E-state index in [1.54, 1.807) is 0 Å². The van der Waals surface area contributed by atoms with Crippen molar-refractivity contribution in [3.63, 3.8) is 0 Å². The fourth-order valence-electron chi connectivity index (χ4n) is 1.22. The summed E-state index contributed by atoms with van der Waals surface area (Å²) in [6.07, 6.45) is 2.51. The topological polar surface area (TPSA) is 3.24 Å². The molecule has 0 aromatic heterocycles. The van der Waals surface area contributed by atoms with Gasteiger partial charge in [0.1, 0.15) is 0 Å². The van der Waals surface area contributed by atoms with Gasteiger partial charge in [-0.05, 0) is 26.8 Å². The third-order valence-corrected chi connectivity index (χ3v) is 2.14. The van der Waals surface area contributed by atoms with Crippen LogP contribution >= 0.6 is 0 Å². The molecule has 0 radical (unpaired) electrons. The Morgan fingerprint density at radius 2 is 2.33 bits per heavy atom. The van der Waals surface area contributed by atoms with Crippen LogP contribution in [-0.2, 0) is 0 Å². The summed E-state index contributed by atoms with van der Waals surface area (Å²) >= 11 is 0. The van der Waals surface area contributed by atoms with E-state index < -0.39 is 0 Å². The van der Waals surface area contributed by atoms with Crippen LogP contribution in [0.2, 0.25) is 0 Å². The van der Waals surface area contributed by atoms with Crippen molar-refractivity contribution < 1.29 is 0 Å². The van der Waals surface area contributed by atoms with Crippen LogP contribution in [0.4, 0.5) is 0 Å². The number of nitrogens with zero attached hydrogens (tertiary/aromatic N) is 1. The summed E-state index contributed by atoms with van der Waals surface area (Å²) in [4.78, 5) is 2.35. The largest absolute Gasteiger partial charge is 0.300 e. The Kier molecular flexibility index (Phi) is 1.91. The molecule has 0 bridgehead atoms. The summed E-state index contributed by atoms with van der Waals surface area (Å²) in [5.41, 5.74) is 1.38. The Bertz CT molecular complexity index is 118. The van der Waals surface area contributed by atoms with Crippen LogP contribution in [-0.4, -0.2) is 24.5 Å². The monoisotopic (exact) mass is 125 g/mol. The van der Waals surface area contributed by atoms with Gasteiger partial charge in [0.25, 0.3) is 0 Å². The smallest absolute Gasteiger partial charge is 0.0189 e. The molecule has 1 heteroatoms. The second-order valence-corrected chi connectivity index (χ2v) is 3.05. The van der Waals surface area contributed by atoms with E-state index in [9.17, 15) is 0 Å². The minimum absolute atomic E-state index is 0.760. The van der Waals surface area contributed by atoms with E-state index in [0.29, 0.717) is 0 Å². The molecule has 1 nitrogen and oxygen atoms in total. The summed E-state index contributed by atoms with van der Waals surface area (Å²) in [6, 6.07) is 0.760. The molecular weight excluding hydrogens is 110 g/mol. The minimum atomic E-state index is 0.760. The molecule has 52 valence electrons. The van der Waals surface area contributed by atoms with Gasteiger partial charge in [-0.2, -0.15) is 0 Å². The first kappa shape index (κ1) is 6.81. The van der Waals surface area contributed by atoms with Crippen molar-refractivity contribution >= 4 is 0 Å². The van der Waals surface area contributed by atoms with E-state index in [4.69, 9.17) is 0 Å². The van der Waals surface area contributed by atoms with E-state index in [1.807, 2.05) is 0 Å². The predicted molar refractivity (Wildman–Crippen MR) is 40.5 cm³/mol. The minimum Gasteiger partial charge on any atom is -0.300 e.